The predicted octanol–water partition coefficient (Wildman–Crippen LogP) is 2.97. The number of nitrogens with two attached hydrogens (primary N) is 1. The lowest BCUT2D eigenvalue weighted by Crippen LogP contribution is -2.56. The van der Waals surface area contributed by atoms with Crippen LogP contribution in [0.2, 0.25) is 5.02 Å². The van der Waals surface area contributed by atoms with Gasteiger partial charge in [-0.25, -0.2) is 0 Å². The summed E-state index contributed by atoms with van der Waals surface area (Å²) in [5, 5.41) is 0.596. The molecular weight excluding hydrogens is 276 g/mol. The van der Waals surface area contributed by atoms with Crippen LogP contribution in [-0.4, -0.2) is 24.6 Å². The molecule has 0 saturated carbocycles. The van der Waals surface area contributed by atoms with Gasteiger partial charge in [0.1, 0.15) is 5.75 Å². The molecule has 4 nitrogen and oxygen atoms in total. The van der Waals surface area contributed by atoms with Crippen molar-refractivity contribution in [3.63, 3.8) is 0 Å². The number of hydrogen-bond acceptors (Lipinski definition) is 3. The molecule has 1 aliphatic heterocycles. The topological polar surface area (TPSA) is 55.6 Å². The van der Waals surface area contributed by atoms with Crippen LogP contribution in [0.15, 0.2) is 18.2 Å². The van der Waals surface area contributed by atoms with E-state index in [9.17, 15) is 4.79 Å². The van der Waals surface area contributed by atoms with Crippen molar-refractivity contribution in [3.8, 4) is 5.75 Å². The zero-order valence-corrected chi connectivity index (χ0v) is 12.7. The molecule has 0 saturated heterocycles. The van der Waals surface area contributed by atoms with Crippen LogP contribution < -0.4 is 15.4 Å². The molecule has 0 fully saturated rings. The van der Waals surface area contributed by atoms with E-state index in [1.165, 1.54) is 0 Å². The van der Waals surface area contributed by atoms with Gasteiger partial charge in [0.05, 0.1) is 5.69 Å². The number of fused-ring (bicyclic) bond motifs is 1. The Balaban J connectivity index is 2.47. The van der Waals surface area contributed by atoms with Crippen molar-refractivity contribution in [1.29, 1.82) is 0 Å². The third-order valence-electron chi connectivity index (χ3n) is 3.88. The second-order valence-electron chi connectivity index (χ2n) is 5.01. The minimum atomic E-state index is -0.768. The van der Waals surface area contributed by atoms with Gasteiger partial charge in [-0.3, -0.25) is 4.79 Å². The normalized spacial score (nSPS) is 16.8. The molecule has 20 heavy (non-hydrogen) atoms. The molecule has 0 bridgehead atoms. The summed E-state index contributed by atoms with van der Waals surface area (Å²) in [5.74, 6) is 0.723. The molecule has 0 spiro atoms. The monoisotopic (exact) mass is 296 g/mol. The zero-order valence-electron chi connectivity index (χ0n) is 12.0. The van der Waals surface area contributed by atoms with E-state index in [0.717, 1.165) is 17.9 Å². The number of nitrogens with zero attached hydrogens (tertiary/aromatic N) is 1. The van der Waals surface area contributed by atoms with Crippen LogP contribution in [0.5, 0.6) is 5.75 Å². The Morgan fingerprint density at radius 3 is 2.65 bits per heavy atom. The lowest BCUT2D eigenvalue weighted by atomic mass is 9.92. The maximum Gasteiger partial charge on any atom is 0.271 e. The Labute approximate surface area is 124 Å². The maximum absolute atomic E-state index is 12.8. The number of carbonyl (C=O) groups is 1. The van der Waals surface area contributed by atoms with E-state index in [0.29, 0.717) is 31.0 Å². The van der Waals surface area contributed by atoms with Crippen molar-refractivity contribution in [2.75, 3.05) is 18.0 Å². The maximum atomic E-state index is 12.8. The minimum absolute atomic E-state index is 0.00529. The second kappa shape index (κ2) is 6.02. The first kappa shape index (κ1) is 15.1. The van der Waals surface area contributed by atoms with Crippen LogP contribution in [0.1, 0.15) is 33.1 Å². The van der Waals surface area contributed by atoms with Crippen molar-refractivity contribution in [2.24, 2.45) is 5.73 Å². The fourth-order valence-corrected chi connectivity index (χ4v) is 2.73. The molecule has 1 aromatic carbocycles. The smallest absolute Gasteiger partial charge is 0.271 e. The zero-order chi connectivity index (χ0) is 14.8. The average Bonchev–Trinajstić information content (AvgIpc) is 2.46. The third-order valence-corrected chi connectivity index (χ3v) is 4.12. The van der Waals surface area contributed by atoms with Gasteiger partial charge in [-0.05, 0) is 44.0 Å². The van der Waals surface area contributed by atoms with Gasteiger partial charge in [-0.2, -0.15) is 0 Å². The molecule has 0 aromatic heterocycles. The highest BCUT2D eigenvalue weighted by atomic mass is 35.5. The van der Waals surface area contributed by atoms with E-state index in [1.54, 1.807) is 17.0 Å². The van der Waals surface area contributed by atoms with Crippen LogP contribution in [-0.2, 0) is 4.79 Å². The number of anilines is 1. The Morgan fingerprint density at radius 2 is 2.05 bits per heavy atom. The molecule has 5 heteroatoms. The number of halogens is 1. The van der Waals surface area contributed by atoms with Crippen molar-refractivity contribution < 1.29 is 9.53 Å². The fourth-order valence-electron chi connectivity index (χ4n) is 2.57. The highest BCUT2D eigenvalue weighted by Crippen LogP contribution is 2.41. The highest BCUT2D eigenvalue weighted by Gasteiger charge is 2.45. The Kier molecular flexibility index (Phi) is 4.55. The lowest BCUT2D eigenvalue weighted by Gasteiger charge is -2.42. The van der Waals surface area contributed by atoms with Gasteiger partial charge in [-0.1, -0.05) is 25.4 Å². The van der Waals surface area contributed by atoms with E-state index in [4.69, 9.17) is 22.1 Å². The van der Waals surface area contributed by atoms with Gasteiger partial charge in [0.2, 0.25) is 0 Å². The summed E-state index contributed by atoms with van der Waals surface area (Å²) in [7, 11) is 0. The molecule has 1 heterocycles. The van der Waals surface area contributed by atoms with E-state index >= 15 is 0 Å². The molecule has 1 aliphatic rings. The lowest BCUT2D eigenvalue weighted by molar-refractivity contribution is -0.136. The van der Waals surface area contributed by atoms with Crippen molar-refractivity contribution >= 4 is 23.2 Å². The minimum Gasteiger partial charge on any atom is -0.475 e. The number of hydrogen-bond donors (Lipinski definition) is 1. The average molecular weight is 297 g/mol. The summed E-state index contributed by atoms with van der Waals surface area (Å²) in [4.78, 5) is 14.6. The summed E-state index contributed by atoms with van der Waals surface area (Å²) in [5.41, 5.74) is 5.55. The summed E-state index contributed by atoms with van der Waals surface area (Å²) in [6.45, 7) is 5.09. The Hall–Kier alpha value is -1.26. The van der Waals surface area contributed by atoms with Crippen molar-refractivity contribution in [1.82, 2.24) is 0 Å². The van der Waals surface area contributed by atoms with Gasteiger partial charge >= 0.3 is 0 Å². The molecular formula is C15H21ClN2O2. The van der Waals surface area contributed by atoms with Gasteiger partial charge in [0.15, 0.2) is 5.60 Å². The summed E-state index contributed by atoms with van der Waals surface area (Å²) in [6, 6.07) is 5.40. The molecule has 0 aliphatic carbocycles. The number of rotatable bonds is 5. The molecule has 2 N–H and O–H groups in total. The summed E-state index contributed by atoms with van der Waals surface area (Å²) >= 11 is 6.04. The van der Waals surface area contributed by atoms with Gasteiger partial charge < -0.3 is 15.4 Å². The first-order chi connectivity index (χ1) is 9.57. The first-order valence-corrected chi connectivity index (χ1v) is 7.46. The van der Waals surface area contributed by atoms with Crippen LogP contribution in [0.4, 0.5) is 5.69 Å². The molecule has 110 valence electrons. The van der Waals surface area contributed by atoms with E-state index in [-0.39, 0.29) is 5.91 Å². The molecule has 0 radical (unpaired) electrons. The number of carbonyl (C=O) groups excluding carboxylic acids is 1. The number of amides is 1. The predicted molar refractivity (Wildman–Crippen MR) is 81.4 cm³/mol. The molecule has 0 unspecified atom stereocenters. The SMILES string of the molecule is CCC1(CC)Oc2ccc(Cl)cc2N(CCCN)C1=O. The van der Waals surface area contributed by atoms with Crippen molar-refractivity contribution in [2.45, 2.75) is 38.7 Å². The van der Waals surface area contributed by atoms with E-state index in [2.05, 4.69) is 0 Å². The van der Waals surface area contributed by atoms with Crippen LogP contribution >= 0.6 is 11.6 Å². The van der Waals surface area contributed by atoms with Crippen LogP contribution in [0.25, 0.3) is 0 Å². The van der Waals surface area contributed by atoms with Gasteiger partial charge in [-0.15, -0.1) is 0 Å². The summed E-state index contributed by atoms with van der Waals surface area (Å²) < 4.78 is 6.01. The third kappa shape index (κ3) is 2.50. The van der Waals surface area contributed by atoms with E-state index < -0.39 is 5.60 Å². The first-order valence-electron chi connectivity index (χ1n) is 7.08. The largest absolute Gasteiger partial charge is 0.475 e. The van der Waals surface area contributed by atoms with E-state index in [1.807, 2.05) is 19.9 Å². The number of ether oxygens (including phenoxy) is 1. The standard InChI is InChI=1S/C15H21ClN2O2/c1-3-15(4-2)14(19)18(9-5-8-17)12-10-11(16)6-7-13(12)20-15/h6-7,10H,3-5,8-9,17H2,1-2H3. The molecule has 1 amide bonds. The molecule has 0 atom stereocenters. The Morgan fingerprint density at radius 1 is 1.35 bits per heavy atom. The van der Waals surface area contributed by atoms with Crippen LogP contribution in [0, 0.1) is 0 Å². The molecule has 2 rings (SSSR count). The fraction of sp³-hybridized carbons (Fsp3) is 0.533. The van der Waals surface area contributed by atoms with Gasteiger partial charge in [0, 0.05) is 11.6 Å². The van der Waals surface area contributed by atoms with Crippen LogP contribution in [0.3, 0.4) is 0 Å². The molecule has 1 aromatic rings. The highest BCUT2D eigenvalue weighted by molar-refractivity contribution is 6.31. The number of benzene rings is 1. The van der Waals surface area contributed by atoms with Crippen molar-refractivity contribution in [3.05, 3.63) is 23.2 Å². The van der Waals surface area contributed by atoms with Gasteiger partial charge in [0.25, 0.3) is 5.91 Å². The Bertz CT molecular complexity index is 501. The quantitative estimate of drug-likeness (QED) is 0.909. The summed E-state index contributed by atoms with van der Waals surface area (Å²) in [6.07, 6.45) is 2.04. The second-order valence-corrected chi connectivity index (χ2v) is 5.45.